The van der Waals surface area contributed by atoms with Gasteiger partial charge in [0.2, 0.25) is 23.3 Å². The number of phenolic OH excluding ortho intramolecular Hbond substituents is 3. The predicted molar refractivity (Wildman–Crippen MR) is 334 cm³/mol. The molecule has 0 aromatic heterocycles. The highest BCUT2D eigenvalue weighted by molar-refractivity contribution is 9.10. The normalized spacial score (nSPS) is 11.0. The zero-order valence-electron chi connectivity index (χ0n) is 54.2. The van der Waals surface area contributed by atoms with Crippen LogP contribution in [0.25, 0.3) is 44.5 Å². The summed E-state index contributed by atoms with van der Waals surface area (Å²) in [7, 11) is 5.17. The SMILES string of the molecule is CN(CCN(C)Cc1cc(F)cc(-c2c(F)c(F)c(F)c(F)c2F)c1O)Cc1cc(F)cc(-c2c(F)c(F)c(F)c(F)c2F)c1O.COc1ccc(F)cc1-c1c(F)c(F)c(F)c(F)c1F.COc1ccc(F)cc1B(O)O.COc1ccc(F)cc1Br.Oc1ccc(F)cc1-c1c(F)c(F)c(F)c(F)c1F. The third-order valence-electron chi connectivity index (χ3n) is 14.7. The van der Waals surface area contributed by atoms with Gasteiger partial charge in [0, 0.05) is 65.0 Å². The summed E-state index contributed by atoms with van der Waals surface area (Å²) in [4.78, 5) is 2.83. The number of hydrogen-bond donors (Lipinski definition) is 5. The molecule has 0 bridgehead atoms. The Kier molecular flexibility index (Phi) is 29.0. The third-order valence-corrected chi connectivity index (χ3v) is 15.3. The van der Waals surface area contributed by atoms with E-state index in [0.29, 0.717) is 34.5 Å². The van der Waals surface area contributed by atoms with E-state index in [2.05, 4.69) is 15.9 Å². The molecule has 0 aliphatic carbocycles. The lowest BCUT2D eigenvalue weighted by Gasteiger charge is -2.24. The average molecular weight is 1610 g/mol. The minimum atomic E-state index is -2.45. The Morgan fingerprint density at radius 1 is 0.308 bits per heavy atom. The highest BCUT2D eigenvalue weighted by atomic mass is 79.9. The maximum atomic E-state index is 14.4. The molecule has 0 aliphatic rings. The van der Waals surface area contributed by atoms with Gasteiger partial charge in [0.25, 0.3) is 0 Å². The van der Waals surface area contributed by atoms with Gasteiger partial charge in [-0.05, 0) is 127 Å². The van der Waals surface area contributed by atoms with Gasteiger partial charge in [-0.25, -0.2) is 114 Å². The highest BCUT2D eigenvalue weighted by Gasteiger charge is 2.34. The molecule has 10 aromatic rings. The largest absolute Gasteiger partial charge is 0.507 e. The third kappa shape index (κ3) is 19.2. The fourth-order valence-electron chi connectivity index (χ4n) is 9.51. The minimum absolute atomic E-state index is 0.0255. The van der Waals surface area contributed by atoms with Gasteiger partial charge >= 0.3 is 7.12 Å². The Morgan fingerprint density at radius 2 is 0.570 bits per heavy atom. The summed E-state index contributed by atoms with van der Waals surface area (Å²) >= 11 is 3.14. The quantitative estimate of drug-likeness (QED) is 0.0292. The van der Waals surface area contributed by atoms with Gasteiger partial charge in [-0.1, -0.05) is 0 Å². The molecule has 0 aliphatic heterocycles. The molecule has 0 heterocycles. The molecule has 0 saturated heterocycles. The molecule has 5 N–H and O–H groups in total. The van der Waals surface area contributed by atoms with E-state index in [-0.39, 0.29) is 60.1 Å². The first-order valence-corrected chi connectivity index (χ1v) is 29.8. The van der Waals surface area contributed by atoms with Crippen molar-refractivity contribution < 1.29 is 154 Å². The number of nitrogens with zero attached hydrogens (tertiary/aromatic N) is 2. The van der Waals surface area contributed by atoms with E-state index in [1.807, 2.05) is 0 Å². The van der Waals surface area contributed by atoms with Gasteiger partial charge < -0.3 is 49.4 Å². The molecular weight excluding hydrogens is 1570 g/mol. The molecule has 38 heteroatoms. The zero-order chi connectivity index (χ0) is 80.4. The Morgan fingerprint density at radius 3 is 0.897 bits per heavy atom. The van der Waals surface area contributed by atoms with Crippen LogP contribution in [0.1, 0.15) is 11.1 Å². The number of phenols is 3. The van der Waals surface area contributed by atoms with E-state index in [1.54, 1.807) is 6.07 Å². The lowest BCUT2D eigenvalue weighted by Crippen LogP contribution is -2.31. The van der Waals surface area contributed by atoms with Crippen molar-refractivity contribution in [2.75, 3.05) is 48.5 Å². The molecule has 10 nitrogen and oxygen atoms in total. The molecule has 0 radical (unpaired) electrons. The lowest BCUT2D eigenvalue weighted by atomic mass is 9.79. The number of ether oxygens (including phenoxy) is 3. The Labute approximate surface area is 594 Å². The van der Waals surface area contributed by atoms with E-state index in [4.69, 9.17) is 24.3 Å². The van der Waals surface area contributed by atoms with Crippen molar-refractivity contribution in [3.8, 4) is 79.0 Å². The number of rotatable bonds is 15. The van der Waals surface area contributed by atoms with Gasteiger partial charge in [-0.2, -0.15) is 0 Å². The van der Waals surface area contributed by atoms with Gasteiger partial charge in [-0.3, -0.25) is 0 Å². The van der Waals surface area contributed by atoms with E-state index in [9.17, 15) is 129 Å². The van der Waals surface area contributed by atoms with Crippen LogP contribution in [0.2, 0.25) is 0 Å². The molecule has 10 aromatic carbocycles. The van der Waals surface area contributed by atoms with Crippen LogP contribution in [0, 0.1) is 151 Å². The van der Waals surface area contributed by atoms with Crippen molar-refractivity contribution in [1.82, 2.24) is 9.80 Å². The smallest absolute Gasteiger partial charge is 0.492 e. The summed E-state index contributed by atoms with van der Waals surface area (Å²) in [5.41, 5.74) is -9.69. The zero-order valence-corrected chi connectivity index (χ0v) is 55.8. The second-order valence-corrected chi connectivity index (χ2v) is 22.6. The summed E-state index contributed by atoms with van der Waals surface area (Å²) in [6.45, 7) is -0.610. The van der Waals surface area contributed by atoms with Crippen LogP contribution in [0.5, 0.6) is 34.5 Å². The monoisotopic (exact) mass is 1610 g/mol. The number of halogens is 27. The standard InChI is InChI=1S/C30H20F12N2O2.C13H6F6O.C12H4F6O.C7H8BFO3.C7H6BrFO/c1-43(9-11-5-13(31)7-15(29(11)45)17-19(33)23(37)27(41)24(38)20(17)34)3-4-44(2)10-12-6-14(32)8-16(30(12)46)18-21(35)25(39)28(42)26(40)22(18)36;1-20-7-3-2-5(14)4-6(7)8-9(15)11(17)13(19)12(18)10(8)16;13-4-1-2-6(19)5(3-4)7-8(14)10(16)12(18)11(17)9(7)15;1-12-7-3-2-5(9)4-6(7)8(10)11;1-10-7-3-2-5(9)4-6(7)8/h5-8,45-46H,3-4,9-10H2,1-2H3;2-4H,1H3;1-3,19H;2-4,10-11H,1H3;2-4H,1H3. The van der Waals surface area contributed by atoms with Crippen molar-refractivity contribution in [3.63, 3.8) is 0 Å². The summed E-state index contributed by atoms with van der Waals surface area (Å²) in [5.74, 6) is -52.0. The topological polar surface area (TPSA) is 135 Å². The minimum Gasteiger partial charge on any atom is -0.507 e. The molecule has 0 amide bonds. The van der Waals surface area contributed by atoms with Gasteiger partial charge in [0.1, 0.15) is 69.4 Å². The Balaban J connectivity index is 0.000000240. The van der Waals surface area contributed by atoms with Crippen LogP contribution in [0.3, 0.4) is 0 Å². The van der Waals surface area contributed by atoms with Crippen molar-refractivity contribution in [1.29, 1.82) is 0 Å². The molecule has 0 saturated carbocycles. The molecule has 0 unspecified atom stereocenters. The number of likely N-dealkylation sites (N-methyl/N-ethyl adjacent to an activating group) is 2. The maximum absolute atomic E-state index is 14.4. The summed E-state index contributed by atoms with van der Waals surface area (Å²) in [5, 5.41) is 48.1. The Hall–Kier alpha value is -10.4. The van der Waals surface area contributed by atoms with Crippen LogP contribution in [-0.2, 0) is 13.1 Å². The van der Waals surface area contributed by atoms with Crippen LogP contribution >= 0.6 is 15.9 Å². The maximum Gasteiger partial charge on any atom is 0.492 e. The summed E-state index contributed by atoms with van der Waals surface area (Å²) < 4.78 is 366. The molecule has 570 valence electrons. The first kappa shape index (κ1) is 85.5. The van der Waals surface area contributed by atoms with Gasteiger partial charge in [-0.15, -0.1) is 0 Å². The first-order valence-electron chi connectivity index (χ1n) is 29.0. The molecule has 10 rings (SSSR count). The fourth-order valence-corrected chi connectivity index (χ4v) is 10.0. The van der Waals surface area contributed by atoms with E-state index >= 15 is 0 Å². The molecule has 0 spiro atoms. The van der Waals surface area contributed by atoms with Crippen molar-refractivity contribution in [3.05, 3.63) is 264 Å². The van der Waals surface area contributed by atoms with Crippen LogP contribution in [-0.4, -0.2) is 90.8 Å². The second-order valence-electron chi connectivity index (χ2n) is 21.7. The number of aromatic hydroxyl groups is 3. The first-order chi connectivity index (χ1) is 50.1. The van der Waals surface area contributed by atoms with Crippen molar-refractivity contribution >= 4 is 28.5 Å². The Bertz CT molecular complexity index is 4740. The second kappa shape index (κ2) is 36.2. The summed E-state index contributed by atoms with van der Waals surface area (Å²) in [6, 6.07) is 14.7. The molecule has 0 fully saturated rings. The van der Waals surface area contributed by atoms with Crippen LogP contribution in [0.15, 0.2) is 102 Å². The number of benzene rings is 10. The van der Waals surface area contributed by atoms with Gasteiger partial charge in [0.15, 0.2) is 93.1 Å². The fraction of sp³-hybridized carbons (Fsp3) is 0.130. The highest BCUT2D eigenvalue weighted by Crippen LogP contribution is 2.43. The van der Waals surface area contributed by atoms with Crippen LogP contribution < -0.4 is 19.7 Å². The lowest BCUT2D eigenvalue weighted by molar-refractivity contribution is 0.243. The number of hydrogen-bond acceptors (Lipinski definition) is 10. The number of methoxy groups -OCH3 is 3. The van der Waals surface area contributed by atoms with Crippen molar-refractivity contribution in [2.24, 2.45) is 0 Å². The molecular formula is C69H44BBrF26N2O8. The molecule has 0 atom stereocenters. The summed E-state index contributed by atoms with van der Waals surface area (Å²) in [6.07, 6.45) is 0. The van der Waals surface area contributed by atoms with E-state index in [0.717, 1.165) is 49.6 Å². The van der Waals surface area contributed by atoms with Gasteiger partial charge in [0.05, 0.1) is 48.1 Å². The van der Waals surface area contributed by atoms with Crippen LogP contribution in [0.4, 0.5) is 114 Å². The predicted octanol–water partition coefficient (Wildman–Crippen LogP) is 17.9. The van der Waals surface area contributed by atoms with Crippen molar-refractivity contribution in [2.45, 2.75) is 13.1 Å². The molecule has 107 heavy (non-hydrogen) atoms. The van der Waals surface area contributed by atoms with E-state index < -0.39 is 214 Å². The average Bonchev–Trinajstić information content (AvgIpc) is 0.785. The van der Waals surface area contributed by atoms with E-state index in [1.165, 1.54) is 62.4 Å².